The van der Waals surface area contributed by atoms with Crippen LogP contribution in [0.4, 0.5) is 5.13 Å². The molecule has 1 N–H and O–H groups in total. The number of nitrogens with zero attached hydrogens (tertiary/aromatic N) is 1. The molecule has 4 heteroatoms. The minimum atomic E-state index is -0.0252. The summed E-state index contributed by atoms with van der Waals surface area (Å²) < 4.78 is 1.11. The van der Waals surface area contributed by atoms with Crippen LogP contribution in [-0.2, 0) is 11.2 Å². The van der Waals surface area contributed by atoms with Crippen molar-refractivity contribution in [2.75, 3.05) is 5.32 Å². The fraction of sp³-hybridized carbons (Fsp3) is 0.222. The summed E-state index contributed by atoms with van der Waals surface area (Å²) in [5, 5.41) is 3.59. The van der Waals surface area contributed by atoms with Crippen LogP contribution >= 0.6 is 11.3 Å². The van der Waals surface area contributed by atoms with Crippen molar-refractivity contribution in [2.45, 2.75) is 27.2 Å². The summed E-state index contributed by atoms with van der Waals surface area (Å²) in [6, 6.07) is 12.2. The van der Waals surface area contributed by atoms with E-state index in [9.17, 15) is 4.79 Å². The van der Waals surface area contributed by atoms with Crippen LogP contribution in [0.2, 0.25) is 0 Å². The Morgan fingerprint density at radius 2 is 1.91 bits per heavy atom. The third-order valence-electron chi connectivity index (χ3n) is 3.69. The summed E-state index contributed by atoms with van der Waals surface area (Å²) >= 11 is 1.53. The van der Waals surface area contributed by atoms with Crippen LogP contribution in [0.3, 0.4) is 0 Å². The lowest BCUT2D eigenvalue weighted by atomic mass is 10.1. The summed E-state index contributed by atoms with van der Waals surface area (Å²) in [5.41, 5.74) is 5.51. The van der Waals surface area contributed by atoms with Gasteiger partial charge in [0.2, 0.25) is 5.91 Å². The Morgan fingerprint density at radius 1 is 1.14 bits per heavy atom. The van der Waals surface area contributed by atoms with Gasteiger partial charge in [-0.1, -0.05) is 41.7 Å². The first kappa shape index (κ1) is 14.7. The predicted molar refractivity (Wildman–Crippen MR) is 92.6 cm³/mol. The van der Waals surface area contributed by atoms with E-state index in [0.29, 0.717) is 11.6 Å². The Bertz CT molecular complexity index is 851. The lowest BCUT2D eigenvalue weighted by Gasteiger charge is -2.04. The Labute approximate surface area is 134 Å². The number of carbonyl (C=O) groups is 1. The van der Waals surface area contributed by atoms with Crippen LogP contribution in [0.15, 0.2) is 36.4 Å². The van der Waals surface area contributed by atoms with Crippen molar-refractivity contribution in [3.63, 3.8) is 0 Å². The Morgan fingerprint density at radius 3 is 2.68 bits per heavy atom. The number of benzene rings is 2. The van der Waals surface area contributed by atoms with Gasteiger partial charge in [-0.05, 0) is 49.1 Å². The Kier molecular flexibility index (Phi) is 3.94. The summed E-state index contributed by atoms with van der Waals surface area (Å²) in [7, 11) is 0. The second-order valence-electron chi connectivity index (χ2n) is 5.60. The van der Waals surface area contributed by atoms with E-state index in [4.69, 9.17) is 0 Å². The average Bonchev–Trinajstić information content (AvgIpc) is 2.84. The number of carbonyl (C=O) groups excluding carboxylic acids is 1. The molecule has 0 spiro atoms. The smallest absolute Gasteiger partial charge is 0.230 e. The topological polar surface area (TPSA) is 42.0 Å². The number of rotatable bonds is 3. The Balaban J connectivity index is 1.80. The molecule has 0 aliphatic carbocycles. The second-order valence-corrected chi connectivity index (χ2v) is 6.63. The highest BCUT2D eigenvalue weighted by Gasteiger charge is 2.11. The van der Waals surface area contributed by atoms with E-state index >= 15 is 0 Å². The predicted octanol–water partition coefficient (Wildman–Crippen LogP) is 4.40. The lowest BCUT2D eigenvalue weighted by Crippen LogP contribution is -2.14. The molecule has 2 aromatic carbocycles. The molecule has 0 saturated heterocycles. The number of thiazole rings is 1. The normalized spacial score (nSPS) is 10.9. The van der Waals surface area contributed by atoms with E-state index in [2.05, 4.69) is 29.4 Å². The highest BCUT2D eigenvalue weighted by Crippen LogP contribution is 2.29. The van der Waals surface area contributed by atoms with Crippen LogP contribution in [0, 0.1) is 20.8 Å². The van der Waals surface area contributed by atoms with E-state index in [1.165, 1.54) is 16.9 Å². The molecule has 0 radical (unpaired) electrons. The SMILES string of the molecule is Cc1cc(C)c2nc(NC(=O)Cc3ccccc3C)sc2c1. The first-order chi connectivity index (χ1) is 10.5. The molecule has 1 heterocycles. The quantitative estimate of drug-likeness (QED) is 0.779. The number of fused-ring (bicyclic) bond motifs is 1. The van der Waals surface area contributed by atoms with Crippen molar-refractivity contribution >= 4 is 32.6 Å². The highest BCUT2D eigenvalue weighted by atomic mass is 32.1. The molecular formula is C18H18N2OS. The molecule has 3 nitrogen and oxygen atoms in total. The van der Waals surface area contributed by atoms with Gasteiger partial charge in [-0.3, -0.25) is 4.79 Å². The minimum Gasteiger partial charge on any atom is -0.302 e. The van der Waals surface area contributed by atoms with E-state index in [1.54, 1.807) is 0 Å². The maximum atomic E-state index is 12.2. The molecule has 0 aliphatic rings. The first-order valence-electron chi connectivity index (χ1n) is 7.25. The zero-order chi connectivity index (χ0) is 15.7. The van der Waals surface area contributed by atoms with Crippen LogP contribution < -0.4 is 5.32 Å². The van der Waals surface area contributed by atoms with Gasteiger partial charge in [0.05, 0.1) is 16.6 Å². The molecule has 0 bridgehead atoms. The van der Waals surface area contributed by atoms with Gasteiger partial charge in [-0.15, -0.1) is 0 Å². The fourth-order valence-corrected chi connectivity index (χ4v) is 3.63. The summed E-state index contributed by atoms with van der Waals surface area (Å²) in [6.45, 7) is 6.14. The maximum absolute atomic E-state index is 12.2. The van der Waals surface area contributed by atoms with Crippen molar-refractivity contribution in [3.05, 3.63) is 58.7 Å². The standard InChI is InChI=1S/C18H18N2OS/c1-11-8-13(3)17-15(9-11)22-18(20-17)19-16(21)10-14-7-5-4-6-12(14)2/h4-9H,10H2,1-3H3,(H,19,20,21). The van der Waals surface area contributed by atoms with Gasteiger partial charge < -0.3 is 5.32 Å². The molecule has 0 atom stereocenters. The van der Waals surface area contributed by atoms with Gasteiger partial charge in [0.1, 0.15) is 0 Å². The molecule has 1 aromatic heterocycles. The van der Waals surface area contributed by atoms with Crippen molar-refractivity contribution in [1.29, 1.82) is 0 Å². The molecule has 0 saturated carbocycles. The summed E-state index contributed by atoms with van der Waals surface area (Å²) in [5.74, 6) is -0.0252. The molecule has 0 aliphatic heterocycles. The molecule has 3 aromatic rings. The van der Waals surface area contributed by atoms with Gasteiger partial charge >= 0.3 is 0 Å². The zero-order valence-electron chi connectivity index (χ0n) is 12.9. The van der Waals surface area contributed by atoms with Crippen LogP contribution in [0.5, 0.6) is 0 Å². The molecule has 112 valence electrons. The molecule has 1 amide bonds. The number of nitrogens with one attached hydrogen (secondary N) is 1. The van der Waals surface area contributed by atoms with Gasteiger partial charge in [-0.25, -0.2) is 4.98 Å². The van der Waals surface area contributed by atoms with E-state index in [1.807, 2.05) is 38.1 Å². The third kappa shape index (κ3) is 3.02. The summed E-state index contributed by atoms with van der Waals surface area (Å²) in [6.07, 6.45) is 0.376. The highest BCUT2D eigenvalue weighted by molar-refractivity contribution is 7.22. The molecular weight excluding hydrogens is 292 g/mol. The second kappa shape index (κ2) is 5.89. The van der Waals surface area contributed by atoms with Crippen molar-refractivity contribution in [1.82, 2.24) is 4.98 Å². The Hall–Kier alpha value is -2.20. The van der Waals surface area contributed by atoms with E-state index in [-0.39, 0.29) is 5.91 Å². The number of amides is 1. The maximum Gasteiger partial charge on any atom is 0.230 e. The number of aryl methyl sites for hydroxylation is 3. The van der Waals surface area contributed by atoms with Gasteiger partial charge in [0.25, 0.3) is 0 Å². The van der Waals surface area contributed by atoms with Crippen molar-refractivity contribution < 1.29 is 4.79 Å². The van der Waals surface area contributed by atoms with Crippen LogP contribution in [0.1, 0.15) is 22.3 Å². The van der Waals surface area contributed by atoms with Gasteiger partial charge in [0, 0.05) is 0 Å². The number of hydrogen-bond donors (Lipinski definition) is 1. The molecule has 3 rings (SSSR count). The monoisotopic (exact) mass is 310 g/mol. The average molecular weight is 310 g/mol. The fourth-order valence-electron chi connectivity index (χ4n) is 2.57. The van der Waals surface area contributed by atoms with Crippen molar-refractivity contribution in [2.24, 2.45) is 0 Å². The minimum absolute atomic E-state index is 0.0252. The van der Waals surface area contributed by atoms with Gasteiger partial charge in [-0.2, -0.15) is 0 Å². The van der Waals surface area contributed by atoms with Gasteiger partial charge in [0.15, 0.2) is 5.13 Å². The number of hydrogen-bond acceptors (Lipinski definition) is 3. The molecule has 22 heavy (non-hydrogen) atoms. The largest absolute Gasteiger partial charge is 0.302 e. The zero-order valence-corrected chi connectivity index (χ0v) is 13.8. The lowest BCUT2D eigenvalue weighted by molar-refractivity contribution is -0.115. The third-order valence-corrected chi connectivity index (χ3v) is 4.61. The van der Waals surface area contributed by atoms with Crippen LogP contribution in [-0.4, -0.2) is 10.9 Å². The molecule has 0 unspecified atom stereocenters. The van der Waals surface area contributed by atoms with E-state index < -0.39 is 0 Å². The number of anilines is 1. The number of aromatic nitrogens is 1. The summed E-state index contributed by atoms with van der Waals surface area (Å²) in [4.78, 5) is 16.8. The van der Waals surface area contributed by atoms with Crippen molar-refractivity contribution in [3.8, 4) is 0 Å². The first-order valence-corrected chi connectivity index (χ1v) is 8.07. The van der Waals surface area contributed by atoms with Crippen LogP contribution in [0.25, 0.3) is 10.2 Å². The molecule has 0 fully saturated rings. The van der Waals surface area contributed by atoms with E-state index in [0.717, 1.165) is 26.9 Å².